The number of hydrogen-bond acceptors (Lipinski definition) is 0. The Hall–Kier alpha value is 1.92. The minimum atomic E-state index is 0.309. The fraction of sp³-hybridized carbons (Fsp3) is 1.00. The van der Waals surface area contributed by atoms with Gasteiger partial charge in [-0.05, 0) is 36.5 Å². The molecule has 3 fully saturated rings. The van der Waals surface area contributed by atoms with Crippen LogP contribution in [0.25, 0.3) is 0 Å². The van der Waals surface area contributed by atoms with Gasteiger partial charge in [0.2, 0.25) is 0 Å². The average Bonchev–Trinajstić information content (AvgIpc) is 2.72. The average molecular weight is 424 g/mol. The third kappa shape index (κ3) is 0.989. The van der Waals surface area contributed by atoms with Crippen molar-refractivity contribution in [1.82, 2.24) is 0 Å². The Kier molecular flexibility index (Phi) is 1.80. The van der Waals surface area contributed by atoms with Crippen LogP contribution >= 0.6 is 63.7 Å². The molecule has 0 aromatic rings. The first-order valence-corrected chi connectivity index (χ1v) is 7.38. The molecular formula is C8H8Br4. The molecule has 0 unspecified atom stereocenters. The van der Waals surface area contributed by atoms with Crippen molar-refractivity contribution in [3.8, 4) is 0 Å². The molecule has 0 amide bonds. The van der Waals surface area contributed by atoms with E-state index in [1.165, 1.54) is 12.8 Å². The summed E-state index contributed by atoms with van der Waals surface area (Å²) in [7, 11) is 0. The molecule has 3 rings (SSSR count). The summed E-state index contributed by atoms with van der Waals surface area (Å²) in [5, 5.41) is 0. The van der Waals surface area contributed by atoms with Crippen molar-refractivity contribution in [3.63, 3.8) is 0 Å². The van der Waals surface area contributed by atoms with Gasteiger partial charge in [0.25, 0.3) is 0 Å². The van der Waals surface area contributed by atoms with Gasteiger partial charge in [-0.1, -0.05) is 63.7 Å². The summed E-state index contributed by atoms with van der Waals surface area (Å²) in [5.74, 6) is 3.48. The van der Waals surface area contributed by atoms with Crippen LogP contribution in [0.3, 0.4) is 0 Å². The first-order chi connectivity index (χ1) is 5.45. The Morgan fingerprint density at radius 2 is 0.917 bits per heavy atom. The zero-order chi connectivity index (χ0) is 8.72. The van der Waals surface area contributed by atoms with Crippen LogP contribution in [0.15, 0.2) is 0 Å². The molecule has 0 heterocycles. The Labute approximate surface area is 106 Å². The lowest BCUT2D eigenvalue weighted by Gasteiger charge is -2.02. The highest BCUT2D eigenvalue weighted by Gasteiger charge is 2.75. The van der Waals surface area contributed by atoms with Gasteiger partial charge in [0.15, 0.2) is 0 Å². The van der Waals surface area contributed by atoms with E-state index in [1.807, 2.05) is 0 Å². The molecular weight excluding hydrogens is 416 g/mol. The van der Waals surface area contributed by atoms with Gasteiger partial charge in [0, 0.05) is 0 Å². The van der Waals surface area contributed by atoms with Crippen molar-refractivity contribution in [2.75, 3.05) is 0 Å². The lowest BCUT2D eigenvalue weighted by atomic mass is 10.0. The maximum Gasteiger partial charge on any atom is 0.0868 e. The fourth-order valence-electron chi connectivity index (χ4n) is 2.75. The van der Waals surface area contributed by atoms with Crippen molar-refractivity contribution < 1.29 is 0 Å². The Bertz CT molecular complexity index is 201. The molecule has 4 atom stereocenters. The Morgan fingerprint density at radius 3 is 1.17 bits per heavy atom. The smallest absolute Gasteiger partial charge is 0.0721 e. The van der Waals surface area contributed by atoms with E-state index in [0.717, 1.165) is 23.7 Å². The predicted octanol–water partition coefficient (Wildman–Crippen LogP) is 4.24. The van der Waals surface area contributed by atoms with Crippen molar-refractivity contribution in [3.05, 3.63) is 0 Å². The first-order valence-electron chi connectivity index (χ1n) is 4.21. The van der Waals surface area contributed by atoms with Gasteiger partial charge in [0.1, 0.15) is 0 Å². The van der Waals surface area contributed by atoms with Gasteiger partial charge in [-0.3, -0.25) is 0 Å². The first kappa shape index (κ1) is 9.17. The molecule has 0 aliphatic heterocycles. The highest BCUT2D eigenvalue weighted by atomic mass is 79.9. The van der Waals surface area contributed by atoms with Crippen LogP contribution < -0.4 is 0 Å². The number of rotatable bonds is 0. The number of alkyl halides is 4. The van der Waals surface area contributed by atoms with Crippen LogP contribution in [-0.2, 0) is 0 Å². The standard InChI is InChI=1S/C8H8Br4/c9-7(10)3-1-4-6(2-5(3)7)8(4,11)12/h3-6H,1-2H2/t3-,4+,5+,6-. The minimum absolute atomic E-state index is 0.309. The molecule has 12 heavy (non-hydrogen) atoms. The van der Waals surface area contributed by atoms with E-state index in [4.69, 9.17) is 0 Å². The van der Waals surface area contributed by atoms with Crippen molar-refractivity contribution in [1.29, 1.82) is 0 Å². The molecule has 0 N–H and O–H groups in total. The van der Waals surface area contributed by atoms with Crippen molar-refractivity contribution in [2.24, 2.45) is 23.7 Å². The lowest BCUT2D eigenvalue weighted by molar-refractivity contribution is 0.457. The maximum absolute atomic E-state index is 3.75. The molecule has 0 spiro atoms. The molecule has 4 heteroatoms. The summed E-state index contributed by atoms with van der Waals surface area (Å²) < 4.78 is 0.618. The third-order valence-electron chi connectivity index (χ3n) is 3.75. The second-order valence-electron chi connectivity index (χ2n) is 4.25. The van der Waals surface area contributed by atoms with E-state index < -0.39 is 0 Å². The largest absolute Gasteiger partial charge is 0.0868 e. The minimum Gasteiger partial charge on any atom is -0.0721 e. The topological polar surface area (TPSA) is 0 Å². The van der Waals surface area contributed by atoms with E-state index in [9.17, 15) is 0 Å². The second-order valence-corrected chi connectivity index (χ2v) is 11.6. The zero-order valence-corrected chi connectivity index (χ0v) is 12.6. The van der Waals surface area contributed by atoms with Crippen LogP contribution in [0.4, 0.5) is 0 Å². The highest BCUT2D eigenvalue weighted by molar-refractivity contribution is 9.26. The molecule has 0 aromatic heterocycles. The monoisotopic (exact) mass is 420 g/mol. The molecule has 3 saturated carbocycles. The van der Waals surface area contributed by atoms with E-state index in [2.05, 4.69) is 63.7 Å². The maximum atomic E-state index is 3.75. The zero-order valence-electron chi connectivity index (χ0n) is 6.24. The molecule has 68 valence electrons. The van der Waals surface area contributed by atoms with E-state index in [0.29, 0.717) is 6.47 Å². The number of fused-ring (bicyclic) bond motifs is 2. The van der Waals surface area contributed by atoms with E-state index in [-0.39, 0.29) is 0 Å². The van der Waals surface area contributed by atoms with Gasteiger partial charge in [-0.2, -0.15) is 0 Å². The number of hydrogen-bond donors (Lipinski definition) is 0. The van der Waals surface area contributed by atoms with E-state index >= 15 is 0 Å². The van der Waals surface area contributed by atoms with Gasteiger partial charge < -0.3 is 0 Å². The molecule has 3 aliphatic carbocycles. The van der Waals surface area contributed by atoms with Crippen LogP contribution in [0, 0.1) is 23.7 Å². The molecule has 0 aromatic carbocycles. The van der Waals surface area contributed by atoms with Crippen LogP contribution in [0.2, 0.25) is 0 Å². The highest BCUT2D eigenvalue weighted by Crippen LogP contribution is 2.79. The van der Waals surface area contributed by atoms with Gasteiger partial charge in [0.05, 0.1) is 6.47 Å². The molecule has 0 radical (unpaired) electrons. The molecule has 3 aliphatic rings. The molecule has 0 bridgehead atoms. The number of halogens is 4. The van der Waals surface area contributed by atoms with E-state index in [1.54, 1.807) is 0 Å². The summed E-state index contributed by atoms with van der Waals surface area (Å²) in [6.07, 6.45) is 2.73. The Balaban J connectivity index is 1.80. The van der Waals surface area contributed by atoms with Crippen LogP contribution in [-0.4, -0.2) is 6.47 Å². The molecule has 0 nitrogen and oxygen atoms in total. The summed E-state index contributed by atoms with van der Waals surface area (Å²) >= 11 is 15.0. The van der Waals surface area contributed by atoms with Gasteiger partial charge >= 0.3 is 0 Å². The van der Waals surface area contributed by atoms with Crippen LogP contribution in [0.1, 0.15) is 12.8 Å². The lowest BCUT2D eigenvalue weighted by Crippen LogP contribution is -1.95. The molecule has 0 saturated heterocycles. The predicted molar refractivity (Wildman–Crippen MR) is 64.4 cm³/mol. The SMILES string of the molecule is BrC1(Br)[C@@H]2C[C@H]3[C@@H](C[C@@H]21)C3(Br)Br. The van der Waals surface area contributed by atoms with Gasteiger partial charge in [-0.25, -0.2) is 0 Å². The summed E-state index contributed by atoms with van der Waals surface area (Å²) in [4.78, 5) is 0. The van der Waals surface area contributed by atoms with Crippen molar-refractivity contribution in [2.45, 2.75) is 19.3 Å². The normalized spacial score (nSPS) is 57.0. The van der Waals surface area contributed by atoms with Crippen LogP contribution in [0.5, 0.6) is 0 Å². The summed E-state index contributed by atoms with van der Waals surface area (Å²) in [5.41, 5.74) is 0. The second kappa shape index (κ2) is 2.35. The van der Waals surface area contributed by atoms with Crippen molar-refractivity contribution >= 4 is 63.7 Å². The third-order valence-corrected chi connectivity index (χ3v) is 8.45. The summed E-state index contributed by atoms with van der Waals surface area (Å²) in [6, 6.07) is 0. The van der Waals surface area contributed by atoms with Gasteiger partial charge in [-0.15, -0.1) is 0 Å². The Morgan fingerprint density at radius 1 is 0.667 bits per heavy atom. The quantitative estimate of drug-likeness (QED) is 0.511. The summed E-state index contributed by atoms with van der Waals surface area (Å²) in [6.45, 7) is 0. The fourth-order valence-corrected chi connectivity index (χ4v) is 6.27.